The van der Waals surface area contributed by atoms with Crippen molar-refractivity contribution in [3.05, 3.63) is 65.7 Å². The average molecular weight is 324 g/mol. The number of carbonyl (C=O) groups is 1. The van der Waals surface area contributed by atoms with Gasteiger partial charge in [0.1, 0.15) is 10.8 Å². The Bertz CT molecular complexity index is 783. The summed E-state index contributed by atoms with van der Waals surface area (Å²) in [6.07, 6.45) is 2.09. The van der Waals surface area contributed by atoms with Gasteiger partial charge < -0.3 is 10.1 Å². The predicted molar refractivity (Wildman–Crippen MR) is 92.9 cm³/mol. The van der Waals surface area contributed by atoms with Crippen molar-refractivity contribution in [2.45, 2.75) is 6.42 Å². The van der Waals surface area contributed by atoms with E-state index in [0.29, 0.717) is 6.42 Å². The lowest BCUT2D eigenvalue weighted by Crippen LogP contribution is -2.14. The molecular formula is C18H16N2O2S. The average Bonchev–Trinajstić information content (AvgIpc) is 3.10. The van der Waals surface area contributed by atoms with Gasteiger partial charge in [0.15, 0.2) is 0 Å². The van der Waals surface area contributed by atoms with E-state index in [9.17, 15) is 4.79 Å². The van der Waals surface area contributed by atoms with Gasteiger partial charge in [0.25, 0.3) is 0 Å². The molecule has 0 saturated heterocycles. The van der Waals surface area contributed by atoms with Crippen molar-refractivity contribution in [1.82, 2.24) is 4.98 Å². The Morgan fingerprint density at radius 2 is 2.04 bits per heavy atom. The molecule has 0 aliphatic carbocycles. The van der Waals surface area contributed by atoms with Crippen LogP contribution in [0.4, 0.5) is 5.69 Å². The van der Waals surface area contributed by atoms with Gasteiger partial charge in [-0.25, -0.2) is 4.98 Å². The molecule has 0 aliphatic rings. The van der Waals surface area contributed by atoms with E-state index in [1.807, 2.05) is 53.9 Å². The van der Waals surface area contributed by atoms with Crippen LogP contribution in [-0.4, -0.2) is 18.0 Å². The van der Waals surface area contributed by atoms with Crippen LogP contribution in [0.3, 0.4) is 0 Å². The molecule has 116 valence electrons. The van der Waals surface area contributed by atoms with Gasteiger partial charge in [-0.3, -0.25) is 4.79 Å². The Labute approximate surface area is 138 Å². The third-order valence-corrected chi connectivity index (χ3v) is 4.17. The number of carbonyl (C=O) groups excluding carboxylic acids is 1. The molecule has 3 rings (SSSR count). The molecule has 4 nitrogen and oxygen atoms in total. The number of benzene rings is 2. The fourth-order valence-electron chi connectivity index (χ4n) is 2.24. The summed E-state index contributed by atoms with van der Waals surface area (Å²) in [5, 5.41) is 5.82. The summed E-state index contributed by atoms with van der Waals surface area (Å²) < 4.78 is 5.17. The minimum absolute atomic E-state index is 0.0553. The lowest BCUT2D eigenvalue weighted by Gasteiger charge is -2.07. The van der Waals surface area contributed by atoms with Crippen molar-refractivity contribution in [3.8, 4) is 16.3 Å². The molecule has 2 aromatic carbocycles. The fourth-order valence-corrected chi connectivity index (χ4v) is 2.88. The van der Waals surface area contributed by atoms with Crippen LogP contribution in [0.1, 0.15) is 5.56 Å². The first-order chi connectivity index (χ1) is 11.2. The second-order valence-corrected chi connectivity index (χ2v) is 5.89. The highest BCUT2D eigenvalue weighted by Crippen LogP contribution is 2.23. The predicted octanol–water partition coefficient (Wildman–Crippen LogP) is 4.00. The standard InChI is InChI=1S/C18H16N2O2S/c1-22-16-4-2-3-13(11-16)12-17(21)20-15-7-5-14(6-8-15)18-19-9-10-23-18/h2-11H,12H2,1H3,(H,20,21). The summed E-state index contributed by atoms with van der Waals surface area (Å²) in [5.74, 6) is 0.698. The van der Waals surface area contributed by atoms with Gasteiger partial charge in [0.2, 0.25) is 5.91 Å². The van der Waals surface area contributed by atoms with Crippen molar-refractivity contribution in [2.24, 2.45) is 0 Å². The van der Waals surface area contributed by atoms with Gasteiger partial charge in [-0.2, -0.15) is 0 Å². The zero-order valence-corrected chi connectivity index (χ0v) is 13.5. The van der Waals surface area contributed by atoms with E-state index in [-0.39, 0.29) is 5.91 Å². The Balaban J connectivity index is 1.63. The van der Waals surface area contributed by atoms with E-state index >= 15 is 0 Å². The maximum Gasteiger partial charge on any atom is 0.228 e. The van der Waals surface area contributed by atoms with E-state index in [1.165, 1.54) is 0 Å². The molecular weight excluding hydrogens is 308 g/mol. The van der Waals surface area contributed by atoms with E-state index in [4.69, 9.17) is 4.74 Å². The molecule has 1 amide bonds. The van der Waals surface area contributed by atoms with E-state index in [0.717, 1.165) is 27.6 Å². The molecule has 0 spiro atoms. The first-order valence-electron chi connectivity index (χ1n) is 7.17. The number of anilines is 1. The molecule has 5 heteroatoms. The lowest BCUT2D eigenvalue weighted by atomic mass is 10.1. The quantitative estimate of drug-likeness (QED) is 0.772. The Morgan fingerprint density at radius 3 is 2.74 bits per heavy atom. The zero-order valence-electron chi connectivity index (χ0n) is 12.7. The summed E-state index contributed by atoms with van der Waals surface area (Å²) in [4.78, 5) is 16.4. The van der Waals surface area contributed by atoms with Crippen molar-refractivity contribution >= 4 is 22.9 Å². The molecule has 0 atom stereocenters. The summed E-state index contributed by atoms with van der Waals surface area (Å²) in [6.45, 7) is 0. The summed E-state index contributed by atoms with van der Waals surface area (Å²) in [7, 11) is 1.61. The smallest absolute Gasteiger partial charge is 0.228 e. The normalized spacial score (nSPS) is 10.3. The van der Waals surface area contributed by atoms with Crippen LogP contribution < -0.4 is 10.1 Å². The number of rotatable bonds is 5. The number of amides is 1. The number of nitrogens with zero attached hydrogens (tertiary/aromatic N) is 1. The first kappa shape index (κ1) is 15.2. The van der Waals surface area contributed by atoms with Gasteiger partial charge >= 0.3 is 0 Å². The lowest BCUT2D eigenvalue weighted by molar-refractivity contribution is -0.115. The summed E-state index contributed by atoms with van der Waals surface area (Å²) in [5.41, 5.74) is 2.74. The largest absolute Gasteiger partial charge is 0.497 e. The molecule has 1 N–H and O–H groups in total. The number of aromatic nitrogens is 1. The van der Waals surface area contributed by atoms with Crippen LogP contribution in [0.2, 0.25) is 0 Å². The minimum atomic E-state index is -0.0553. The fraction of sp³-hybridized carbons (Fsp3) is 0.111. The van der Waals surface area contributed by atoms with E-state index < -0.39 is 0 Å². The highest BCUT2D eigenvalue weighted by Gasteiger charge is 2.06. The van der Waals surface area contributed by atoms with Gasteiger partial charge in [-0.15, -0.1) is 11.3 Å². The summed E-state index contributed by atoms with van der Waals surface area (Å²) >= 11 is 1.59. The van der Waals surface area contributed by atoms with Crippen LogP contribution in [0.5, 0.6) is 5.75 Å². The second kappa shape index (κ2) is 7.07. The molecule has 1 heterocycles. The van der Waals surface area contributed by atoms with Crippen molar-refractivity contribution < 1.29 is 9.53 Å². The maximum absolute atomic E-state index is 12.1. The first-order valence-corrected chi connectivity index (χ1v) is 8.05. The third kappa shape index (κ3) is 3.96. The number of methoxy groups -OCH3 is 1. The molecule has 1 aromatic heterocycles. The highest BCUT2D eigenvalue weighted by molar-refractivity contribution is 7.13. The number of hydrogen-bond donors (Lipinski definition) is 1. The summed E-state index contributed by atoms with van der Waals surface area (Å²) in [6, 6.07) is 15.2. The number of hydrogen-bond acceptors (Lipinski definition) is 4. The van der Waals surface area contributed by atoms with E-state index in [1.54, 1.807) is 24.6 Å². The molecule has 0 aliphatic heterocycles. The van der Waals surface area contributed by atoms with Crippen LogP contribution in [-0.2, 0) is 11.2 Å². The second-order valence-electron chi connectivity index (χ2n) is 4.99. The number of ether oxygens (including phenoxy) is 1. The Kier molecular flexibility index (Phi) is 4.68. The molecule has 3 aromatic rings. The number of nitrogens with one attached hydrogen (secondary N) is 1. The highest BCUT2D eigenvalue weighted by atomic mass is 32.1. The van der Waals surface area contributed by atoms with Crippen LogP contribution in [0.25, 0.3) is 10.6 Å². The van der Waals surface area contributed by atoms with Crippen LogP contribution in [0.15, 0.2) is 60.1 Å². The van der Waals surface area contributed by atoms with E-state index in [2.05, 4.69) is 10.3 Å². The Hall–Kier alpha value is -2.66. The molecule has 23 heavy (non-hydrogen) atoms. The molecule has 0 radical (unpaired) electrons. The third-order valence-electron chi connectivity index (χ3n) is 3.35. The molecule has 0 unspecified atom stereocenters. The van der Waals surface area contributed by atoms with Gasteiger partial charge in [0, 0.05) is 22.8 Å². The number of thiazole rings is 1. The zero-order chi connectivity index (χ0) is 16.1. The minimum Gasteiger partial charge on any atom is -0.497 e. The van der Waals surface area contributed by atoms with Crippen molar-refractivity contribution in [2.75, 3.05) is 12.4 Å². The SMILES string of the molecule is COc1cccc(CC(=O)Nc2ccc(-c3nccs3)cc2)c1. The van der Waals surface area contributed by atoms with Crippen LogP contribution in [0, 0.1) is 0 Å². The van der Waals surface area contributed by atoms with Crippen LogP contribution >= 0.6 is 11.3 Å². The molecule has 0 saturated carbocycles. The topological polar surface area (TPSA) is 51.2 Å². The van der Waals surface area contributed by atoms with Crippen molar-refractivity contribution in [1.29, 1.82) is 0 Å². The maximum atomic E-state index is 12.1. The van der Waals surface area contributed by atoms with Gasteiger partial charge in [0.05, 0.1) is 13.5 Å². The Morgan fingerprint density at radius 1 is 1.22 bits per heavy atom. The van der Waals surface area contributed by atoms with Gasteiger partial charge in [-0.05, 0) is 42.0 Å². The monoisotopic (exact) mass is 324 g/mol. The molecule has 0 bridgehead atoms. The van der Waals surface area contributed by atoms with Gasteiger partial charge in [-0.1, -0.05) is 12.1 Å². The van der Waals surface area contributed by atoms with Crippen molar-refractivity contribution in [3.63, 3.8) is 0 Å². The molecule has 0 fully saturated rings.